The summed E-state index contributed by atoms with van der Waals surface area (Å²) < 4.78 is 25.6. The van der Waals surface area contributed by atoms with Crippen molar-refractivity contribution in [2.24, 2.45) is 0 Å². The molecule has 0 aliphatic heterocycles. The van der Waals surface area contributed by atoms with E-state index in [-0.39, 0.29) is 27.4 Å². The maximum absolute atomic E-state index is 12.5. The van der Waals surface area contributed by atoms with E-state index in [0.717, 1.165) is 17.1 Å². The highest BCUT2D eigenvalue weighted by Crippen LogP contribution is 2.22. The molecule has 0 unspecified atom stereocenters. The molecule has 140 valence electrons. The number of carbonyl (C=O) groups excluding carboxylic acids is 1. The van der Waals surface area contributed by atoms with Crippen molar-refractivity contribution in [2.45, 2.75) is 30.7 Å². The summed E-state index contributed by atoms with van der Waals surface area (Å²) in [6.07, 6.45) is 1.61. The molecule has 5 nitrogen and oxygen atoms in total. The van der Waals surface area contributed by atoms with E-state index in [0.29, 0.717) is 0 Å². The summed E-state index contributed by atoms with van der Waals surface area (Å²) >= 11 is 6.11. The van der Waals surface area contributed by atoms with Crippen LogP contribution in [0, 0.1) is 0 Å². The Bertz CT molecular complexity index is 868. The first-order chi connectivity index (χ1) is 12.2. The Morgan fingerprint density at radius 3 is 2.42 bits per heavy atom. The highest BCUT2D eigenvalue weighted by molar-refractivity contribution is 7.89. The predicted molar refractivity (Wildman–Crippen MR) is 104 cm³/mol. The summed E-state index contributed by atoms with van der Waals surface area (Å²) in [5, 5.41) is 3.10. The van der Waals surface area contributed by atoms with Gasteiger partial charge in [-0.25, -0.2) is 12.7 Å². The van der Waals surface area contributed by atoms with Gasteiger partial charge >= 0.3 is 0 Å². The SMILES string of the molecule is C[C@H](CCc1ccccc1)NC(=O)c1cc(S(=O)(=O)N(C)C)ccc1Cl. The normalized spacial score (nSPS) is 12.8. The van der Waals surface area contributed by atoms with Crippen molar-refractivity contribution in [2.75, 3.05) is 14.1 Å². The van der Waals surface area contributed by atoms with Crippen LogP contribution in [0.2, 0.25) is 5.02 Å². The number of aryl methyl sites for hydroxylation is 1. The number of hydrogen-bond donors (Lipinski definition) is 1. The van der Waals surface area contributed by atoms with Gasteiger partial charge in [0.05, 0.1) is 15.5 Å². The van der Waals surface area contributed by atoms with Crippen LogP contribution >= 0.6 is 11.6 Å². The van der Waals surface area contributed by atoms with Gasteiger partial charge in [0.1, 0.15) is 0 Å². The smallest absolute Gasteiger partial charge is 0.253 e. The van der Waals surface area contributed by atoms with Crippen LogP contribution in [0.1, 0.15) is 29.3 Å². The standard InChI is InChI=1S/C19H23ClN2O3S/c1-14(9-10-15-7-5-4-6-8-15)21-19(23)17-13-16(11-12-18(17)20)26(24,25)22(2)3/h4-8,11-14H,9-10H2,1-3H3,(H,21,23)/t14-/m1/s1. The molecule has 0 spiro atoms. The molecule has 0 aromatic heterocycles. The third kappa shape index (κ3) is 5.06. The second-order valence-electron chi connectivity index (χ2n) is 6.33. The first kappa shape index (κ1) is 20.4. The van der Waals surface area contributed by atoms with Gasteiger partial charge in [0.15, 0.2) is 0 Å². The molecule has 1 N–H and O–H groups in total. The number of hydrogen-bond acceptors (Lipinski definition) is 3. The summed E-state index contributed by atoms with van der Waals surface area (Å²) in [6.45, 7) is 1.91. The molecule has 26 heavy (non-hydrogen) atoms. The summed E-state index contributed by atoms with van der Waals surface area (Å²) in [5.74, 6) is -0.383. The molecule has 0 aliphatic carbocycles. The van der Waals surface area contributed by atoms with Crippen LogP contribution in [-0.4, -0.2) is 38.8 Å². The molecule has 0 heterocycles. The lowest BCUT2D eigenvalue weighted by Gasteiger charge is -2.16. The molecule has 1 amide bonds. The van der Waals surface area contributed by atoms with Crippen molar-refractivity contribution >= 4 is 27.5 Å². The topological polar surface area (TPSA) is 66.5 Å². The molecule has 0 saturated heterocycles. The van der Waals surface area contributed by atoms with Crippen LogP contribution < -0.4 is 5.32 Å². The van der Waals surface area contributed by atoms with Gasteiger partial charge in [-0.15, -0.1) is 0 Å². The molecule has 2 aromatic carbocycles. The highest BCUT2D eigenvalue weighted by atomic mass is 35.5. The third-order valence-corrected chi connectivity index (χ3v) is 6.19. The number of sulfonamides is 1. The van der Waals surface area contributed by atoms with Gasteiger partial charge in [0.2, 0.25) is 10.0 Å². The minimum atomic E-state index is -3.63. The maximum atomic E-state index is 12.5. The van der Waals surface area contributed by atoms with Crippen LogP contribution in [0.25, 0.3) is 0 Å². The molecule has 0 aliphatic rings. The number of carbonyl (C=O) groups is 1. The van der Waals surface area contributed by atoms with Gasteiger partial charge in [0.25, 0.3) is 5.91 Å². The second kappa shape index (κ2) is 8.66. The average Bonchev–Trinajstić information content (AvgIpc) is 2.60. The molecular weight excluding hydrogens is 372 g/mol. The fourth-order valence-corrected chi connectivity index (χ4v) is 3.58. The highest BCUT2D eigenvalue weighted by Gasteiger charge is 2.21. The molecule has 0 fully saturated rings. The lowest BCUT2D eigenvalue weighted by Crippen LogP contribution is -2.33. The lowest BCUT2D eigenvalue weighted by molar-refractivity contribution is 0.0938. The van der Waals surface area contributed by atoms with E-state index < -0.39 is 10.0 Å². The fraction of sp³-hybridized carbons (Fsp3) is 0.316. The summed E-state index contributed by atoms with van der Waals surface area (Å²) in [4.78, 5) is 12.6. The van der Waals surface area contributed by atoms with Crippen LogP contribution in [0.4, 0.5) is 0 Å². The van der Waals surface area contributed by atoms with Gasteiger partial charge in [-0.2, -0.15) is 0 Å². The van der Waals surface area contributed by atoms with Crippen molar-refractivity contribution in [3.8, 4) is 0 Å². The quantitative estimate of drug-likeness (QED) is 0.783. The van der Waals surface area contributed by atoms with E-state index in [1.165, 1.54) is 37.9 Å². The number of halogens is 1. The van der Waals surface area contributed by atoms with Gasteiger partial charge in [-0.05, 0) is 43.5 Å². The first-order valence-electron chi connectivity index (χ1n) is 8.28. The summed E-state index contributed by atoms with van der Waals surface area (Å²) in [6, 6.07) is 14.1. The lowest BCUT2D eigenvalue weighted by atomic mass is 10.1. The fourth-order valence-electron chi connectivity index (χ4n) is 2.45. The van der Waals surface area contributed by atoms with Gasteiger partial charge < -0.3 is 5.32 Å². The molecule has 7 heteroatoms. The van der Waals surface area contributed by atoms with Crippen molar-refractivity contribution in [3.63, 3.8) is 0 Å². The number of nitrogens with one attached hydrogen (secondary N) is 1. The van der Waals surface area contributed by atoms with E-state index >= 15 is 0 Å². The molecule has 2 rings (SSSR count). The Balaban J connectivity index is 2.09. The van der Waals surface area contributed by atoms with E-state index in [4.69, 9.17) is 11.6 Å². The molecular formula is C19H23ClN2O3S. The van der Waals surface area contributed by atoms with Gasteiger partial charge in [-0.3, -0.25) is 4.79 Å². The molecule has 1 atom stereocenters. The van der Waals surface area contributed by atoms with Crippen LogP contribution in [0.3, 0.4) is 0 Å². The minimum absolute atomic E-state index is 0.0361. The van der Waals surface area contributed by atoms with Crippen molar-refractivity contribution in [1.82, 2.24) is 9.62 Å². The van der Waals surface area contributed by atoms with E-state index in [9.17, 15) is 13.2 Å². The monoisotopic (exact) mass is 394 g/mol. The Morgan fingerprint density at radius 2 is 1.81 bits per heavy atom. The number of benzene rings is 2. The number of nitrogens with zero attached hydrogens (tertiary/aromatic N) is 1. The summed E-state index contributed by atoms with van der Waals surface area (Å²) in [5.41, 5.74) is 1.35. The molecule has 0 radical (unpaired) electrons. The molecule has 0 saturated carbocycles. The van der Waals surface area contributed by atoms with E-state index in [1.807, 2.05) is 37.3 Å². The van der Waals surface area contributed by atoms with Gasteiger partial charge in [0, 0.05) is 20.1 Å². The number of amides is 1. The zero-order valence-electron chi connectivity index (χ0n) is 15.1. The van der Waals surface area contributed by atoms with Crippen LogP contribution in [0.5, 0.6) is 0 Å². The van der Waals surface area contributed by atoms with Gasteiger partial charge in [-0.1, -0.05) is 41.9 Å². The first-order valence-corrected chi connectivity index (χ1v) is 10.1. The van der Waals surface area contributed by atoms with Crippen LogP contribution in [-0.2, 0) is 16.4 Å². The van der Waals surface area contributed by atoms with E-state index in [2.05, 4.69) is 5.32 Å². The van der Waals surface area contributed by atoms with Crippen molar-refractivity contribution in [1.29, 1.82) is 0 Å². The number of rotatable bonds is 7. The Labute approximate surface area is 160 Å². The third-order valence-electron chi connectivity index (χ3n) is 4.05. The second-order valence-corrected chi connectivity index (χ2v) is 8.89. The Hall–Kier alpha value is -1.89. The van der Waals surface area contributed by atoms with E-state index in [1.54, 1.807) is 0 Å². The minimum Gasteiger partial charge on any atom is -0.350 e. The molecule has 2 aromatic rings. The predicted octanol–water partition coefficient (Wildman–Crippen LogP) is 3.34. The summed E-state index contributed by atoms with van der Waals surface area (Å²) in [7, 11) is -0.750. The Kier molecular flexibility index (Phi) is 6.81. The maximum Gasteiger partial charge on any atom is 0.253 e. The Morgan fingerprint density at radius 1 is 1.15 bits per heavy atom. The molecule has 0 bridgehead atoms. The van der Waals surface area contributed by atoms with Crippen LogP contribution in [0.15, 0.2) is 53.4 Å². The zero-order chi connectivity index (χ0) is 19.3. The largest absolute Gasteiger partial charge is 0.350 e. The average molecular weight is 395 g/mol. The van der Waals surface area contributed by atoms with Crippen molar-refractivity contribution in [3.05, 3.63) is 64.7 Å². The zero-order valence-corrected chi connectivity index (χ0v) is 16.6. The van der Waals surface area contributed by atoms with Crippen molar-refractivity contribution < 1.29 is 13.2 Å².